The van der Waals surface area contributed by atoms with Crippen LogP contribution < -0.4 is 0 Å². The summed E-state index contributed by atoms with van der Waals surface area (Å²) >= 11 is 1.29. The van der Waals surface area contributed by atoms with Gasteiger partial charge < -0.3 is 14.3 Å². The molecule has 0 saturated carbocycles. The lowest BCUT2D eigenvalue weighted by Crippen LogP contribution is -2.30. The van der Waals surface area contributed by atoms with Gasteiger partial charge in [0.05, 0.1) is 16.2 Å². The number of ether oxygens (including phenoxy) is 1. The average Bonchev–Trinajstić information content (AvgIpc) is 3.40. The van der Waals surface area contributed by atoms with Crippen molar-refractivity contribution in [2.75, 3.05) is 20.3 Å². The molecule has 1 aliphatic heterocycles. The summed E-state index contributed by atoms with van der Waals surface area (Å²) in [5.41, 5.74) is 1.60. The van der Waals surface area contributed by atoms with Crippen molar-refractivity contribution in [3.63, 3.8) is 0 Å². The van der Waals surface area contributed by atoms with Crippen LogP contribution in [0.15, 0.2) is 81.0 Å². The van der Waals surface area contributed by atoms with E-state index in [9.17, 15) is 14.7 Å². The van der Waals surface area contributed by atoms with Gasteiger partial charge >= 0.3 is 5.97 Å². The third-order valence-electron chi connectivity index (χ3n) is 4.89. The fraction of sp³-hybridized carbons (Fsp3) is 0.160. The first kappa shape index (κ1) is 22.6. The van der Waals surface area contributed by atoms with Crippen LogP contribution in [0.4, 0.5) is 5.69 Å². The Hall–Kier alpha value is -3.62. The van der Waals surface area contributed by atoms with Crippen LogP contribution in [-0.4, -0.2) is 47.3 Å². The molecule has 3 aromatic rings. The highest BCUT2D eigenvalue weighted by molar-refractivity contribution is 8.18. The summed E-state index contributed by atoms with van der Waals surface area (Å²) in [6.07, 6.45) is 2.38. The molecule has 0 unspecified atom stereocenters. The Kier molecular flexibility index (Phi) is 7.07. The van der Waals surface area contributed by atoms with Gasteiger partial charge in [0.1, 0.15) is 11.5 Å². The van der Waals surface area contributed by atoms with Gasteiger partial charge in [-0.05, 0) is 54.6 Å². The zero-order chi connectivity index (χ0) is 23.2. The number of para-hydroxylation sites is 1. The van der Waals surface area contributed by atoms with Crippen LogP contribution in [0.3, 0.4) is 0 Å². The molecule has 8 heteroatoms. The van der Waals surface area contributed by atoms with Gasteiger partial charge in [-0.25, -0.2) is 9.79 Å². The third kappa shape index (κ3) is 5.42. The first-order valence-corrected chi connectivity index (χ1v) is 11.1. The highest BCUT2D eigenvalue weighted by Gasteiger charge is 2.33. The molecule has 0 spiro atoms. The summed E-state index contributed by atoms with van der Waals surface area (Å²) < 4.78 is 11.0. The van der Waals surface area contributed by atoms with Gasteiger partial charge in [0.15, 0.2) is 5.17 Å². The van der Waals surface area contributed by atoms with Crippen molar-refractivity contribution in [3.05, 3.63) is 83.0 Å². The molecular formula is C25H22N2O5S. The van der Waals surface area contributed by atoms with Crippen LogP contribution in [0.2, 0.25) is 0 Å². The zero-order valence-electron chi connectivity index (χ0n) is 17.9. The molecule has 1 N–H and O–H groups in total. The molecule has 0 atom stereocenters. The van der Waals surface area contributed by atoms with E-state index in [-0.39, 0.29) is 11.5 Å². The van der Waals surface area contributed by atoms with E-state index in [4.69, 9.17) is 9.15 Å². The number of carboxylic acid groups (broad SMARTS) is 1. The van der Waals surface area contributed by atoms with E-state index < -0.39 is 5.97 Å². The minimum Gasteiger partial charge on any atom is -0.478 e. The number of rotatable bonds is 8. The smallest absolute Gasteiger partial charge is 0.335 e. The lowest BCUT2D eigenvalue weighted by molar-refractivity contribution is -0.122. The van der Waals surface area contributed by atoms with Crippen molar-refractivity contribution in [1.82, 2.24) is 4.90 Å². The number of hydrogen-bond donors (Lipinski definition) is 1. The molecule has 1 saturated heterocycles. The van der Waals surface area contributed by atoms with Crippen LogP contribution in [0.25, 0.3) is 17.4 Å². The molecule has 33 heavy (non-hydrogen) atoms. The van der Waals surface area contributed by atoms with E-state index in [1.807, 2.05) is 30.3 Å². The van der Waals surface area contributed by atoms with E-state index in [1.165, 1.54) is 17.8 Å². The molecule has 1 amide bonds. The van der Waals surface area contributed by atoms with Crippen molar-refractivity contribution in [2.24, 2.45) is 4.99 Å². The number of hydrogen-bond acceptors (Lipinski definition) is 6. The molecule has 168 valence electrons. The standard InChI is InChI=1S/C25H22N2O5S/c1-31-14-6-13-27-23(28)22(33-25(27)26-19-9-3-2-4-10-19)16-20-11-12-21(32-20)17-7-5-8-18(15-17)24(29)30/h2-5,7-12,15-16H,6,13-14H2,1H3,(H,29,30)/b22-16+,26-25?. The van der Waals surface area contributed by atoms with E-state index in [0.717, 1.165) is 5.69 Å². The molecular weight excluding hydrogens is 440 g/mol. The van der Waals surface area contributed by atoms with Crippen LogP contribution >= 0.6 is 11.8 Å². The van der Waals surface area contributed by atoms with Crippen LogP contribution in [0.5, 0.6) is 0 Å². The Bertz CT molecular complexity index is 1220. The second-order valence-corrected chi connectivity index (χ2v) is 8.24. The number of furan rings is 1. The number of methoxy groups -OCH3 is 1. The number of thioether (sulfide) groups is 1. The number of amidine groups is 1. The number of carbonyl (C=O) groups is 2. The van der Waals surface area contributed by atoms with E-state index in [1.54, 1.807) is 48.4 Å². The average molecular weight is 463 g/mol. The quantitative estimate of drug-likeness (QED) is 0.361. The Balaban J connectivity index is 1.60. The molecule has 1 aromatic heterocycles. The third-order valence-corrected chi connectivity index (χ3v) is 5.90. The first-order chi connectivity index (χ1) is 16.0. The highest BCUT2D eigenvalue weighted by Crippen LogP contribution is 2.35. The second kappa shape index (κ2) is 10.3. The molecule has 0 radical (unpaired) electrons. The van der Waals surface area contributed by atoms with E-state index in [2.05, 4.69) is 4.99 Å². The Morgan fingerprint density at radius 2 is 1.97 bits per heavy atom. The number of carboxylic acids is 1. The van der Waals surface area contributed by atoms with Crippen molar-refractivity contribution in [3.8, 4) is 11.3 Å². The van der Waals surface area contributed by atoms with Gasteiger partial charge in [-0.15, -0.1) is 0 Å². The fourth-order valence-corrected chi connectivity index (χ4v) is 4.29. The summed E-state index contributed by atoms with van der Waals surface area (Å²) in [7, 11) is 1.63. The molecule has 0 aliphatic carbocycles. The lowest BCUT2D eigenvalue weighted by Gasteiger charge is -2.15. The monoisotopic (exact) mass is 462 g/mol. The number of carbonyl (C=O) groups excluding carboxylic acids is 1. The summed E-state index contributed by atoms with van der Waals surface area (Å²) in [5, 5.41) is 9.81. The fourth-order valence-electron chi connectivity index (χ4n) is 3.29. The van der Waals surface area contributed by atoms with Gasteiger partial charge in [0.25, 0.3) is 5.91 Å². The van der Waals surface area contributed by atoms with Crippen molar-refractivity contribution < 1.29 is 23.8 Å². The molecule has 4 rings (SSSR count). The summed E-state index contributed by atoms with van der Waals surface area (Å²) in [4.78, 5) is 31.2. The minimum atomic E-state index is -1.00. The van der Waals surface area contributed by atoms with Crippen LogP contribution in [-0.2, 0) is 9.53 Å². The molecule has 2 heterocycles. The van der Waals surface area contributed by atoms with Crippen molar-refractivity contribution in [2.45, 2.75) is 6.42 Å². The van der Waals surface area contributed by atoms with Crippen LogP contribution in [0, 0.1) is 0 Å². The molecule has 0 bridgehead atoms. The molecule has 2 aromatic carbocycles. The normalized spacial score (nSPS) is 16.2. The summed E-state index contributed by atoms with van der Waals surface area (Å²) in [6, 6.07) is 19.5. The van der Waals surface area contributed by atoms with Crippen molar-refractivity contribution >= 4 is 40.6 Å². The van der Waals surface area contributed by atoms with Crippen molar-refractivity contribution in [1.29, 1.82) is 0 Å². The topological polar surface area (TPSA) is 92.3 Å². The van der Waals surface area contributed by atoms with Gasteiger partial charge in [-0.3, -0.25) is 9.69 Å². The second-order valence-electron chi connectivity index (χ2n) is 7.23. The predicted octanol–water partition coefficient (Wildman–Crippen LogP) is 5.29. The first-order valence-electron chi connectivity index (χ1n) is 10.3. The van der Waals surface area contributed by atoms with E-state index >= 15 is 0 Å². The summed E-state index contributed by atoms with van der Waals surface area (Å²) in [6.45, 7) is 1.04. The van der Waals surface area contributed by atoms with Crippen LogP contribution in [0.1, 0.15) is 22.5 Å². The zero-order valence-corrected chi connectivity index (χ0v) is 18.7. The molecule has 1 fully saturated rings. The van der Waals surface area contributed by atoms with E-state index in [0.29, 0.717) is 46.7 Å². The van der Waals surface area contributed by atoms with Gasteiger partial charge in [-0.1, -0.05) is 30.3 Å². The summed E-state index contributed by atoms with van der Waals surface area (Å²) in [5.74, 6) is -0.121. The number of benzene rings is 2. The Morgan fingerprint density at radius 3 is 2.73 bits per heavy atom. The minimum absolute atomic E-state index is 0.142. The number of amides is 1. The lowest BCUT2D eigenvalue weighted by atomic mass is 10.1. The maximum absolute atomic E-state index is 13.1. The molecule has 1 aliphatic rings. The van der Waals surface area contributed by atoms with Gasteiger partial charge in [0.2, 0.25) is 0 Å². The number of nitrogens with zero attached hydrogens (tertiary/aromatic N) is 2. The van der Waals surface area contributed by atoms with Gasteiger partial charge in [-0.2, -0.15) is 0 Å². The number of aromatic carboxylic acids is 1. The highest BCUT2D eigenvalue weighted by atomic mass is 32.2. The molecule has 7 nitrogen and oxygen atoms in total. The van der Waals surface area contributed by atoms with Gasteiger partial charge in [0, 0.05) is 31.9 Å². The largest absolute Gasteiger partial charge is 0.478 e. The maximum atomic E-state index is 13.1. The predicted molar refractivity (Wildman–Crippen MR) is 128 cm³/mol. The number of aliphatic imine (C=N–C) groups is 1. The maximum Gasteiger partial charge on any atom is 0.335 e. The Morgan fingerprint density at radius 1 is 1.15 bits per heavy atom. The SMILES string of the molecule is COCCCN1C(=O)/C(=C\c2ccc(-c3cccc(C(=O)O)c3)o2)SC1=Nc1ccccc1. The Labute approximate surface area is 195 Å².